The molecule has 0 bridgehead atoms. The van der Waals surface area contributed by atoms with Gasteiger partial charge in [-0.3, -0.25) is 4.98 Å². The Kier molecular flexibility index (Phi) is 5.39. The van der Waals surface area contributed by atoms with Crippen molar-refractivity contribution in [1.29, 1.82) is 0 Å². The molecule has 0 saturated heterocycles. The van der Waals surface area contributed by atoms with Gasteiger partial charge in [0.1, 0.15) is 17.7 Å². The third-order valence-electron chi connectivity index (χ3n) is 7.10. The van der Waals surface area contributed by atoms with E-state index in [1.165, 1.54) is 6.33 Å². The van der Waals surface area contributed by atoms with Gasteiger partial charge in [0.2, 0.25) is 5.88 Å². The highest BCUT2D eigenvalue weighted by molar-refractivity contribution is 5.68. The van der Waals surface area contributed by atoms with Crippen molar-refractivity contribution in [1.82, 2.24) is 39.1 Å². The van der Waals surface area contributed by atoms with Gasteiger partial charge in [0.15, 0.2) is 17.2 Å². The number of halogens is 3. The van der Waals surface area contributed by atoms with Gasteiger partial charge in [-0.2, -0.15) is 13.2 Å². The molecule has 5 aromatic rings. The summed E-state index contributed by atoms with van der Waals surface area (Å²) in [7, 11) is 1.57. The molecule has 198 valence electrons. The van der Waals surface area contributed by atoms with Gasteiger partial charge in [0, 0.05) is 42.5 Å². The first-order valence-corrected chi connectivity index (χ1v) is 12.7. The summed E-state index contributed by atoms with van der Waals surface area (Å²) in [6.07, 6.45) is 5.85. The third-order valence-corrected chi connectivity index (χ3v) is 7.10. The normalized spacial score (nSPS) is 15.7. The second-order valence-electron chi connectivity index (χ2n) is 9.95. The molecule has 1 aromatic carbocycles. The van der Waals surface area contributed by atoms with E-state index in [-0.39, 0.29) is 6.04 Å². The van der Waals surface area contributed by atoms with Crippen LogP contribution in [0.4, 0.5) is 13.2 Å². The van der Waals surface area contributed by atoms with Gasteiger partial charge in [0.25, 0.3) is 0 Å². The first-order valence-electron chi connectivity index (χ1n) is 12.7. The minimum absolute atomic E-state index is 0.0706. The van der Waals surface area contributed by atoms with E-state index in [2.05, 4.69) is 25.0 Å². The molecule has 4 aromatic heterocycles. The smallest absolute Gasteiger partial charge is 0.434 e. The van der Waals surface area contributed by atoms with Crippen LogP contribution in [-0.4, -0.2) is 46.2 Å². The Hall–Kier alpha value is -4.35. The number of nitrogens with zero attached hydrogens (tertiary/aromatic N) is 8. The molecule has 0 radical (unpaired) electrons. The summed E-state index contributed by atoms with van der Waals surface area (Å²) in [5.41, 5.74) is 3.61. The molecule has 2 saturated carbocycles. The maximum absolute atomic E-state index is 13.3. The van der Waals surface area contributed by atoms with Crippen LogP contribution in [0.15, 0.2) is 49.2 Å². The second kappa shape index (κ2) is 8.85. The van der Waals surface area contributed by atoms with Crippen LogP contribution < -0.4 is 4.74 Å². The predicted molar refractivity (Wildman–Crippen MR) is 134 cm³/mol. The molecule has 0 unspecified atom stereocenters. The molecule has 39 heavy (non-hydrogen) atoms. The molecule has 2 fully saturated rings. The summed E-state index contributed by atoms with van der Waals surface area (Å²) in [5, 5.41) is 4.68. The lowest BCUT2D eigenvalue weighted by Gasteiger charge is -2.08. The minimum Gasteiger partial charge on any atom is -0.480 e. The lowest BCUT2D eigenvalue weighted by Crippen LogP contribution is -2.05. The zero-order chi connectivity index (χ0) is 26.7. The van der Waals surface area contributed by atoms with Gasteiger partial charge in [0.05, 0.1) is 18.5 Å². The van der Waals surface area contributed by atoms with Crippen molar-refractivity contribution in [2.45, 2.75) is 50.2 Å². The van der Waals surface area contributed by atoms with Crippen molar-refractivity contribution in [3.63, 3.8) is 0 Å². The van der Waals surface area contributed by atoms with Crippen molar-refractivity contribution >= 4 is 5.65 Å². The van der Waals surface area contributed by atoms with Crippen molar-refractivity contribution in [3.05, 3.63) is 71.8 Å². The average Bonchev–Trinajstić information content (AvgIpc) is 3.87. The molecule has 0 N–H and O–H groups in total. The molecule has 0 aliphatic heterocycles. The number of aromatic nitrogens is 8. The van der Waals surface area contributed by atoms with E-state index < -0.39 is 11.9 Å². The Labute approximate surface area is 220 Å². The maximum atomic E-state index is 13.3. The molecular weight excluding hydrogens is 509 g/mol. The summed E-state index contributed by atoms with van der Waals surface area (Å²) >= 11 is 0. The van der Waals surface area contributed by atoms with E-state index in [9.17, 15) is 13.2 Å². The monoisotopic (exact) mass is 532 g/mol. The van der Waals surface area contributed by atoms with Crippen LogP contribution in [0.5, 0.6) is 5.88 Å². The van der Waals surface area contributed by atoms with E-state index in [1.54, 1.807) is 40.7 Å². The highest BCUT2D eigenvalue weighted by atomic mass is 19.4. The maximum Gasteiger partial charge on any atom is 0.434 e. The van der Waals surface area contributed by atoms with Gasteiger partial charge in [-0.1, -0.05) is 24.3 Å². The molecule has 2 aliphatic carbocycles. The van der Waals surface area contributed by atoms with Crippen LogP contribution in [0.25, 0.3) is 28.4 Å². The fraction of sp³-hybridized carbons (Fsp3) is 0.333. The molecule has 0 atom stereocenters. The SMILES string of the molecule is COc1ncnc(C2CC2)c1-c1nc2c(Cc3ccc(-c4nc(C(F)(F)F)cn4C4CC4)cc3)nccn2n1. The van der Waals surface area contributed by atoms with E-state index in [1.807, 2.05) is 12.1 Å². The second-order valence-corrected chi connectivity index (χ2v) is 9.95. The Morgan fingerprint density at radius 2 is 1.79 bits per heavy atom. The Balaban J connectivity index is 1.20. The van der Waals surface area contributed by atoms with Crippen molar-refractivity contribution < 1.29 is 17.9 Å². The standard InChI is InChI=1S/C27H23F3N8O/c1-39-26-21(22(16-6-7-16)32-14-33-26)23-35-25-19(31-10-11-38(25)36-23)12-15-2-4-17(5-3-15)24-34-20(27(28,29)30)13-37(24)18-8-9-18/h2-5,10-11,13-14,16,18H,6-9,12H2,1H3. The molecular formula is C27H23F3N8O. The molecule has 4 heterocycles. The number of fused-ring (bicyclic) bond motifs is 1. The summed E-state index contributed by atoms with van der Waals surface area (Å²) in [5.74, 6) is 1.60. The highest BCUT2D eigenvalue weighted by Gasteiger charge is 2.37. The Bertz CT molecular complexity index is 1680. The van der Waals surface area contributed by atoms with Crippen LogP contribution in [0.2, 0.25) is 0 Å². The highest BCUT2D eigenvalue weighted by Crippen LogP contribution is 2.45. The van der Waals surface area contributed by atoms with Crippen molar-refractivity contribution in [2.75, 3.05) is 7.11 Å². The molecule has 0 spiro atoms. The zero-order valence-electron chi connectivity index (χ0n) is 20.9. The van der Waals surface area contributed by atoms with Gasteiger partial charge < -0.3 is 9.30 Å². The van der Waals surface area contributed by atoms with Crippen LogP contribution in [0.1, 0.15) is 60.3 Å². The van der Waals surface area contributed by atoms with Gasteiger partial charge in [-0.25, -0.2) is 24.5 Å². The number of methoxy groups -OCH3 is 1. The average molecular weight is 533 g/mol. The Morgan fingerprint density at radius 1 is 1.00 bits per heavy atom. The van der Waals surface area contributed by atoms with Crippen LogP contribution >= 0.6 is 0 Å². The number of ether oxygens (including phenoxy) is 1. The number of imidazole rings is 1. The topological polar surface area (TPSA) is 95.9 Å². The van der Waals surface area contributed by atoms with Gasteiger partial charge >= 0.3 is 6.18 Å². The first kappa shape index (κ1) is 23.7. The summed E-state index contributed by atoms with van der Waals surface area (Å²) in [4.78, 5) is 22.0. The zero-order valence-corrected chi connectivity index (χ0v) is 20.9. The molecule has 2 aliphatic rings. The number of rotatable bonds is 7. The van der Waals surface area contributed by atoms with E-state index in [0.29, 0.717) is 52.3 Å². The first-order chi connectivity index (χ1) is 18.9. The number of hydrogen-bond acceptors (Lipinski definition) is 7. The predicted octanol–water partition coefficient (Wildman–Crippen LogP) is 5.28. The molecule has 0 amide bonds. The van der Waals surface area contributed by atoms with Gasteiger partial charge in [-0.15, -0.1) is 5.10 Å². The molecule has 7 rings (SSSR count). The Morgan fingerprint density at radius 3 is 2.49 bits per heavy atom. The minimum atomic E-state index is -4.48. The summed E-state index contributed by atoms with van der Waals surface area (Å²) < 4.78 is 48.8. The number of alkyl halides is 3. The van der Waals surface area contributed by atoms with Crippen LogP contribution in [0, 0.1) is 0 Å². The van der Waals surface area contributed by atoms with E-state index in [4.69, 9.17) is 9.72 Å². The molecule has 9 nitrogen and oxygen atoms in total. The van der Waals surface area contributed by atoms with Crippen LogP contribution in [0.3, 0.4) is 0 Å². The lowest BCUT2D eigenvalue weighted by atomic mass is 10.1. The number of benzene rings is 1. The quantitative estimate of drug-likeness (QED) is 0.282. The fourth-order valence-electron chi connectivity index (χ4n) is 4.85. The third kappa shape index (κ3) is 4.39. The fourth-order valence-corrected chi connectivity index (χ4v) is 4.85. The van der Waals surface area contributed by atoms with E-state index in [0.717, 1.165) is 43.1 Å². The lowest BCUT2D eigenvalue weighted by molar-refractivity contribution is -0.140. The summed E-state index contributed by atoms with van der Waals surface area (Å²) in [6, 6.07) is 7.45. The van der Waals surface area contributed by atoms with Crippen molar-refractivity contribution in [3.8, 4) is 28.7 Å². The summed E-state index contributed by atoms with van der Waals surface area (Å²) in [6.45, 7) is 0. The van der Waals surface area contributed by atoms with Crippen molar-refractivity contribution in [2.24, 2.45) is 0 Å². The molecule has 12 heteroatoms. The van der Waals surface area contributed by atoms with Gasteiger partial charge in [-0.05, 0) is 31.2 Å². The van der Waals surface area contributed by atoms with Crippen LogP contribution in [-0.2, 0) is 12.6 Å². The largest absolute Gasteiger partial charge is 0.480 e. The number of hydrogen-bond donors (Lipinski definition) is 0. The van der Waals surface area contributed by atoms with E-state index >= 15 is 0 Å².